The molecule has 3 rings (SSSR count). The number of nitrogens with one attached hydrogen (secondary N) is 2. The number of hydrogen-bond donors (Lipinski definition) is 2. The Hall–Kier alpha value is -3.15. The topological polar surface area (TPSA) is 75.5 Å². The van der Waals surface area contributed by atoms with E-state index >= 15 is 0 Å². The molecule has 0 atom stereocenters. The number of hydrogen-bond acceptors (Lipinski definition) is 3. The lowest BCUT2D eigenvalue weighted by atomic mass is 10.1. The fraction of sp³-hybridized carbons (Fsp3) is 0.348. The van der Waals surface area contributed by atoms with Gasteiger partial charge in [-0.2, -0.15) is 0 Å². The third-order valence-corrected chi connectivity index (χ3v) is 4.78. The quantitative estimate of drug-likeness (QED) is 0.597. The minimum atomic E-state index is -0.281. The third-order valence-electron chi connectivity index (χ3n) is 4.78. The molecule has 6 nitrogen and oxygen atoms in total. The van der Waals surface area contributed by atoms with Crippen LogP contribution in [0.4, 0.5) is 5.82 Å². The highest BCUT2D eigenvalue weighted by atomic mass is 16.2. The van der Waals surface area contributed by atoms with Gasteiger partial charge in [0.15, 0.2) is 11.5 Å². The van der Waals surface area contributed by atoms with Gasteiger partial charge in [-0.3, -0.25) is 14.0 Å². The highest BCUT2D eigenvalue weighted by Gasteiger charge is 2.21. The number of amides is 2. The van der Waals surface area contributed by atoms with E-state index < -0.39 is 0 Å². The predicted molar refractivity (Wildman–Crippen MR) is 116 cm³/mol. The molecular weight excluding hydrogens is 364 g/mol. The minimum Gasteiger partial charge on any atom is -0.351 e. The van der Waals surface area contributed by atoms with Gasteiger partial charge in [-0.05, 0) is 55.5 Å². The van der Waals surface area contributed by atoms with E-state index in [1.165, 1.54) is 5.56 Å². The first-order valence-corrected chi connectivity index (χ1v) is 10.2. The van der Waals surface area contributed by atoms with Crippen LogP contribution < -0.4 is 10.6 Å². The van der Waals surface area contributed by atoms with Gasteiger partial charge in [0.05, 0.1) is 0 Å². The molecule has 0 aliphatic heterocycles. The third kappa shape index (κ3) is 4.83. The first-order valence-electron chi connectivity index (χ1n) is 10.2. The zero-order chi connectivity index (χ0) is 20.8. The number of aryl methyl sites for hydroxylation is 2. The van der Waals surface area contributed by atoms with Crippen LogP contribution in [0, 0.1) is 6.92 Å². The maximum absolute atomic E-state index is 12.8. The Morgan fingerprint density at radius 3 is 2.45 bits per heavy atom. The van der Waals surface area contributed by atoms with Crippen molar-refractivity contribution < 1.29 is 9.59 Å². The number of nitrogens with zero attached hydrogens (tertiary/aromatic N) is 2. The van der Waals surface area contributed by atoms with Gasteiger partial charge in [0, 0.05) is 18.3 Å². The first kappa shape index (κ1) is 20.6. The molecule has 29 heavy (non-hydrogen) atoms. The zero-order valence-electron chi connectivity index (χ0n) is 17.3. The van der Waals surface area contributed by atoms with Crippen LogP contribution in [0.2, 0.25) is 0 Å². The molecule has 0 aliphatic carbocycles. The van der Waals surface area contributed by atoms with Crippen LogP contribution in [0.3, 0.4) is 0 Å². The molecule has 2 aromatic heterocycles. The Bertz CT molecular complexity index is 1010. The highest BCUT2D eigenvalue weighted by Crippen LogP contribution is 2.20. The summed E-state index contributed by atoms with van der Waals surface area (Å²) in [6.45, 7) is 6.66. The molecule has 2 amide bonds. The molecular formula is C23H28N4O2. The van der Waals surface area contributed by atoms with Crippen molar-refractivity contribution in [3.05, 3.63) is 65.0 Å². The summed E-state index contributed by atoms with van der Waals surface area (Å²) in [5, 5.41) is 5.70. The van der Waals surface area contributed by atoms with Crippen LogP contribution in [0.5, 0.6) is 0 Å². The minimum absolute atomic E-state index is 0.254. The number of pyridine rings is 1. The van der Waals surface area contributed by atoms with Gasteiger partial charge < -0.3 is 10.6 Å². The molecule has 152 valence electrons. The number of fused-ring (bicyclic) bond motifs is 1. The van der Waals surface area contributed by atoms with Crippen LogP contribution in [-0.4, -0.2) is 27.7 Å². The summed E-state index contributed by atoms with van der Waals surface area (Å²) in [6, 6.07) is 11.4. The standard InChI is InChI=1S/C23H28N4O2/c1-4-6-7-17-9-11-18(12-10-17)22(28)26-21-20(23(29)24-14-5-2)27-15-16(3)8-13-19(27)25-21/h8-13,15H,4-7,14H2,1-3H3,(H,24,29)(H,26,28). The van der Waals surface area contributed by atoms with Gasteiger partial charge in [0.1, 0.15) is 5.65 Å². The zero-order valence-corrected chi connectivity index (χ0v) is 17.3. The predicted octanol–water partition coefficient (Wildman–Crippen LogP) is 4.38. The van der Waals surface area contributed by atoms with Crippen molar-refractivity contribution in [3.63, 3.8) is 0 Å². The van der Waals surface area contributed by atoms with Crippen LogP contribution in [0.15, 0.2) is 42.6 Å². The van der Waals surface area contributed by atoms with E-state index in [1.807, 2.05) is 56.4 Å². The fourth-order valence-electron chi connectivity index (χ4n) is 3.16. The molecule has 1 aromatic carbocycles. The van der Waals surface area contributed by atoms with E-state index in [4.69, 9.17) is 0 Å². The maximum atomic E-state index is 12.8. The van der Waals surface area contributed by atoms with Gasteiger partial charge in [0.25, 0.3) is 11.8 Å². The number of anilines is 1. The van der Waals surface area contributed by atoms with Crippen LogP contribution >= 0.6 is 0 Å². The Balaban J connectivity index is 1.88. The molecule has 0 aliphatic rings. The van der Waals surface area contributed by atoms with E-state index in [0.29, 0.717) is 23.4 Å². The number of benzene rings is 1. The molecule has 6 heteroatoms. The molecule has 0 spiro atoms. The van der Waals surface area contributed by atoms with E-state index in [0.717, 1.165) is 31.2 Å². The summed E-state index contributed by atoms with van der Waals surface area (Å²) in [5.41, 5.74) is 3.71. The van der Waals surface area contributed by atoms with Gasteiger partial charge in [-0.1, -0.05) is 38.5 Å². The van der Waals surface area contributed by atoms with Gasteiger partial charge in [0.2, 0.25) is 0 Å². The second-order valence-electron chi connectivity index (χ2n) is 7.25. The van der Waals surface area contributed by atoms with Gasteiger partial charge in [-0.15, -0.1) is 0 Å². The molecule has 0 bridgehead atoms. The van der Waals surface area contributed by atoms with Crippen molar-refractivity contribution in [1.29, 1.82) is 0 Å². The monoisotopic (exact) mass is 392 g/mol. The molecule has 0 unspecified atom stereocenters. The molecule has 2 heterocycles. The van der Waals surface area contributed by atoms with Crippen molar-refractivity contribution in [2.75, 3.05) is 11.9 Å². The van der Waals surface area contributed by atoms with Crippen molar-refractivity contribution in [2.45, 2.75) is 46.5 Å². The summed E-state index contributed by atoms with van der Waals surface area (Å²) < 4.78 is 1.73. The fourth-order valence-corrected chi connectivity index (χ4v) is 3.16. The normalized spacial score (nSPS) is 10.9. The molecule has 3 aromatic rings. The van der Waals surface area contributed by atoms with Crippen molar-refractivity contribution >= 4 is 23.3 Å². The van der Waals surface area contributed by atoms with E-state index in [-0.39, 0.29) is 17.6 Å². The van der Waals surface area contributed by atoms with Crippen LogP contribution in [0.25, 0.3) is 5.65 Å². The molecule has 0 fully saturated rings. The maximum Gasteiger partial charge on any atom is 0.272 e. The summed E-state index contributed by atoms with van der Waals surface area (Å²) in [4.78, 5) is 30.0. The summed E-state index contributed by atoms with van der Waals surface area (Å²) >= 11 is 0. The van der Waals surface area contributed by atoms with Crippen LogP contribution in [-0.2, 0) is 6.42 Å². The van der Waals surface area contributed by atoms with Crippen molar-refractivity contribution in [3.8, 4) is 0 Å². The summed E-state index contributed by atoms with van der Waals surface area (Å²) in [5.74, 6) is -0.267. The van der Waals surface area contributed by atoms with Gasteiger partial charge >= 0.3 is 0 Å². The smallest absolute Gasteiger partial charge is 0.272 e. The summed E-state index contributed by atoms with van der Waals surface area (Å²) in [7, 11) is 0. The average molecular weight is 393 g/mol. The van der Waals surface area contributed by atoms with E-state index in [2.05, 4.69) is 22.5 Å². The van der Waals surface area contributed by atoms with Crippen molar-refractivity contribution in [2.24, 2.45) is 0 Å². The Morgan fingerprint density at radius 1 is 1.00 bits per heavy atom. The van der Waals surface area contributed by atoms with Gasteiger partial charge in [-0.25, -0.2) is 4.98 Å². The Kier molecular flexibility index (Phi) is 6.65. The average Bonchev–Trinajstić information content (AvgIpc) is 3.07. The lowest BCUT2D eigenvalue weighted by molar-refractivity contribution is 0.0949. The van der Waals surface area contributed by atoms with E-state index in [9.17, 15) is 9.59 Å². The Labute approximate surface area is 171 Å². The molecule has 2 N–H and O–H groups in total. The number of rotatable bonds is 8. The Morgan fingerprint density at radius 2 is 1.76 bits per heavy atom. The number of aromatic nitrogens is 2. The molecule has 0 radical (unpaired) electrons. The number of imidazole rings is 1. The highest BCUT2D eigenvalue weighted by molar-refractivity contribution is 6.08. The van der Waals surface area contributed by atoms with Crippen molar-refractivity contribution in [1.82, 2.24) is 14.7 Å². The largest absolute Gasteiger partial charge is 0.351 e. The summed E-state index contributed by atoms with van der Waals surface area (Å²) in [6.07, 6.45) is 5.95. The lowest BCUT2D eigenvalue weighted by Crippen LogP contribution is -2.27. The number of carbonyl (C=O) groups excluding carboxylic acids is 2. The van der Waals surface area contributed by atoms with E-state index in [1.54, 1.807) is 4.40 Å². The second kappa shape index (κ2) is 9.37. The molecule has 0 saturated carbocycles. The number of unbranched alkanes of at least 4 members (excludes halogenated alkanes) is 1. The second-order valence-corrected chi connectivity index (χ2v) is 7.25. The SMILES string of the molecule is CCCCc1ccc(C(=O)Nc2nc3ccc(C)cn3c2C(=O)NCCC)cc1. The lowest BCUT2D eigenvalue weighted by Gasteiger charge is -2.08. The molecule has 0 saturated heterocycles. The number of carbonyl (C=O) groups is 2. The first-order chi connectivity index (χ1) is 14.0. The van der Waals surface area contributed by atoms with Crippen LogP contribution in [0.1, 0.15) is 65.1 Å².